The van der Waals surface area contributed by atoms with Crippen LogP contribution in [0.3, 0.4) is 0 Å². The van der Waals surface area contributed by atoms with Crippen LogP contribution in [0, 0.1) is 0 Å². The quantitative estimate of drug-likeness (QED) is 0.773. The van der Waals surface area contributed by atoms with E-state index in [9.17, 15) is 4.79 Å². The zero-order valence-corrected chi connectivity index (χ0v) is 11.3. The van der Waals surface area contributed by atoms with Crippen molar-refractivity contribution in [2.24, 2.45) is 0 Å². The second kappa shape index (κ2) is 5.14. The van der Waals surface area contributed by atoms with Crippen molar-refractivity contribution in [1.82, 2.24) is 15.6 Å². The zero-order chi connectivity index (χ0) is 13.2. The third-order valence-electron chi connectivity index (χ3n) is 3.39. The van der Waals surface area contributed by atoms with E-state index < -0.39 is 0 Å². The van der Waals surface area contributed by atoms with Gasteiger partial charge in [0.1, 0.15) is 9.71 Å². The largest absolute Gasteiger partial charge is 0.397 e. The highest BCUT2D eigenvalue weighted by Gasteiger charge is 2.21. The molecule has 1 aliphatic rings. The minimum absolute atomic E-state index is 0.0765. The molecule has 19 heavy (non-hydrogen) atoms. The zero-order valence-electron chi connectivity index (χ0n) is 10.5. The molecule has 0 spiro atoms. The molecule has 0 aromatic carbocycles. The van der Waals surface area contributed by atoms with Gasteiger partial charge in [0.25, 0.3) is 5.91 Å². The van der Waals surface area contributed by atoms with Crippen molar-refractivity contribution in [2.45, 2.75) is 18.9 Å². The standard InChI is InChI=1S/C13H16N4OS/c14-10-9-2-1-5-16-13(9)19-11(10)12(18)17-8-3-6-15-7-4-8/h1-2,5,8,15H,3-4,6-7,14H2,(H,17,18). The van der Waals surface area contributed by atoms with Crippen molar-refractivity contribution in [3.63, 3.8) is 0 Å². The van der Waals surface area contributed by atoms with E-state index >= 15 is 0 Å². The van der Waals surface area contributed by atoms with Gasteiger partial charge in [-0.05, 0) is 38.1 Å². The average molecular weight is 276 g/mol. The Kier molecular flexibility index (Phi) is 3.35. The molecule has 4 N–H and O–H groups in total. The number of carbonyl (C=O) groups excluding carboxylic acids is 1. The summed E-state index contributed by atoms with van der Waals surface area (Å²) >= 11 is 1.36. The maximum Gasteiger partial charge on any atom is 0.263 e. The molecule has 2 aromatic heterocycles. The van der Waals surface area contributed by atoms with Crippen molar-refractivity contribution < 1.29 is 4.79 Å². The first kappa shape index (κ1) is 12.4. The average Bonchev–Trinajstić information content (AvgIpc) is 2.78. The number of nitrogens with zero attached hydrogens (tertiary/aromatic N) is 1. The fraction of sp³-hybridized carbons (Fsp3) is 0.385. The van der Waals surface area contributed by atoms with Crippen molar-refractivity contribution in [3.05, 3.63) is 23.2 Å². The Labute approximate surface area is 115 Å². The van der Waals surface area contributed by atoms with Gasteiger partial charge < -0.3 is 16.4 Å². The monoisotopic (exact) mass is 276 g/mol. The molecule has 6 heteroatoms. The van der Waals surface area contributed by atoms with Gasteiger partial charge in [-0.2, -0.15) is 0 Å². The predicted molar refractivity (Wildman–Crippen MR) is 77.4 cm³/mol. The molecule has 3 rings (SSSR count). The van der Waals surface area contributed by atoms with Gasteiger partial charge in [-0.15, -0.1) is 11.3 Å². The number of nitrogens with one attached hydrogen (secondary N) is 2. The maximum absolute atomic E-state index is 12.3. The molecule has 5 nitrogen and oxygen atoms in total. The molecule has 0 atom stereocenters. The molecule has 0 unspecified atom stereocenters. The molecule has 1 fully saturated rings. The lowest BCUT2D eigenvalue weighted by atomic mass is 10.1. The lowest BCUT2D eigenvalue weighted by molar-refractivity contribution is 0.0934. The Hall–Kier alpha value is -1.66. The summed E-state index contributed by atoms with van der Waals surface area (Å²) in [7, 11) is 0. The lowest BCUT2D eigenvalue weighted by Gasteiger charge is -2.23. The van der Waals surface area contributed by atoms with Gasteiger partial charge in [0, 0.05) is 17.6 Å². The van der Waals surface area contributed by atoms with Gasteiger partial charge in [-0.1, -0.05) is 0 Å². The topological polar surface area (TPSA) is 80.0 Å². The van der Waals surface area contributed by atoms with Crippen LogP contribution in [-0.2, 0) is 0 Å². The van der Waals surface area contributed by atoms with Crippen LogP contribution in [0.2, 0.25) is 0 Å². The number of pyridine rings is 1. The minimum Gasteiger partial charge on any atom is -0.397 e. The number of anilines is 1. The lowest BCUT2D eigenvalue weighted by Crippen LogP contribution is -2.42. The second-order valence-corrected chi connectivity index (χ2v) is 5.70. The van der Waals surface area contributed by atoms with E-state index in [2.05, 4.69) is 15.6 Å². The molecule has 100 valence electrons. The normalized spacial score (nSPS) is 16.6. The van der Waals surface area contributed by atoms with Crippen LogP contribution < -0.4 is 16.4 Å². The summed E-state index contributed by atoms with van der Waals surface area (Å²) in [6, 6.07) is 3.97. The number of rotatable bonds is 2. The number of aromatic nitrogens is 1. The molecule has 0 radical (unpaired) electrons. The minimum atomic E-state index is -0.0765. The van der Waals surface area contributed by atoms with E-state index in [0.717, 1.165) is 36.1 Å². The number of thiophene rings is 1. The van der Waals surface area contributed by atoms with Crippen LogP contribution in [0.15, 0.2) is 18.3 Å². The van der Waals surface area contributed by atoms with Gasteiger partial charge in [0.05, 0.1) is 5.69 Å². The first-order chi connectivity index (χ1) is 9.25. The number of hydrogen-bond acceptors (Lipinski definition) is 5. The number of fused-ring (bicyclic) bond motifs is 1. The van der Waals surface area contributed by atoms with Gasteiger partial charge in [0.15, 0.2) is 0 Å². The molecule has 0 bridgehead atoms. The van der Waals surface area contributed by atoms with E-state index in [1.165, 1.54) is 11.3 Å². The molecule has 3 heterocycles. The predicted octanol–water partition coefficient (Wildman–Crippen LogP) is 1.36. The van der Waals surface area contributed by atoms with Gasteiger partial charge >= 0.3 is 0 Å². The summed E-state index contributed by atoms with van der Waals surface area (Å²) in [6.07, 6.45) is 3.65. The fourth-order valence-corrected chi connectivity index (χ4v) is 3.30. The Bertz CT molecular complexity index is 604. The number of nitrogen functional groups attached to an aromatic ring is 1. The smallest absolute Gasteiger partial charge is 0.263 e. The third-order valence-corrected chi connectivity index (χ3v) is 4.51. The van der Waals surface area contributed by atoms with Crippen LogP contribution in [0.1, 0.15) is 22.5 Å². The maximum atomic E-state index is 12.3. The molecule has 2 aromatic rings. The number of carbonyl (C=O) groups is 1. The van der Waals surface area contributed by atoms with Gasteiger partial charge in [-0.25, -0.2) is 4.98 Å². The van der Waals surface area contributed by atoms with Crippen molar-refractivity contribution in [1.29, 1.82) is 0 Å². The number of piperidine rings is 1. The van der Waals surface area contributed by atoms with E-state index in [1.807, 2.05) is 12.1 Å². The molecule has 0 aliphatic carbocycles. The van der Waals surface area contributed by atoms with E-state index in [0.29, 0.717) is 10.6 Å². The summed E-state index contributed by atoms with van der Waals surface area (Å²) in [5, 5.41) is 7.20. The summed E-state index contributed by atoms with van der Waals surface area (Å²) in [5.74, 6) is -0.0765. The van der Waals surface area contributed by atoms with Crippen molar-refractivity contribution in [2.75, 3.05) is 18.8 Å². The summed E-state index contributed by atoms with van der Waals surface area (Å²) in [6.45, 7) is 1.91. The van der Waals surface area contributed by atoms with Crippen LogP contribution in [0.25, 0.3) is 10.2 Å². The Morgan fingerprint density at radius 2 is 2.26 bits per heavy atom. The van der Waals surface area contributed by atoms with Crippen LogP contribution in [-0.4, -0.2) is 30.0 Å². The van der Waals surface area contributed by atoms with E-state index in [-0.39, 0.29) is 11.9 Å². The molecule has 1 aliphatic heterocycles. The van der Waals surface area contributed by atoms with E-state index in [1.54, 1.807) is 6.20 Å². The van der Waals surface area contributed by atoms with Gasteiger partial charge in [-0.3, -0.25) is 4.79 Å². The molecule has 1 saturated heterocycles. The second-order valence-electron chi connectivity index (χ2n) is 4.70. The number of nitrogens with two attached hydrogens (primary N) is 1. The summed E-state index contributed by atoms with van der Waals surface area (Å²) in [4.78, 5) is 17.9. The third kappa shape index (κ3) is 2.41. The number of hydrogen-bond donors (Lipinski definition) is 3. The van der Waals surface area contributed by atoms with Gasteiger partial charge in [0.2, 0.25) is 0 Å². The summed E-state index contributed by atoms with van der Waals surface area (Å²) in [5.41, 5.74) is 6.58. The van der Waals surface area contributed by atoms with Crippen LogP contribution in [0.5, 0.6) is 0 Å². The Balaban J connectivity index is 1.83. The first-order valence-electron chi connectivity index (χ1n) is 6.40. The summed E-state index contributed by atoms with van der Waals surface area (Å²) < 4.78 is 0. The fourth-order valence-electron chi connectivity index (χ4n) is 2.34. The highest BCUT2D eigenvalue weighted by Crippen LogP contribution is 2.31. The van der Waals surface area contributed by atoms with Crippen molar-refractivity contribution >= 4 is 33.1 Å². The molecule has 0 saturated carbocycles. The SMILES string of the molecule is Nc1c(C(=O)NC2CCNCC2)sc2ncccc12. The highest BCUT2D eigenvalue weighted by molar-refractivity contribution is 7.21. The van der Waals surface area contributed by atoms with Crippen LogP contribution in [0.4, 0.5) is 5.69 Å². The Morgan fingerprint density at radius 1 is 1.47 bits per heavy atom. The Morgan fingerprint density at radius 3 is 3.00 bits per heavy atom. The van der Waals surface area contributed by atoms with Crippen molar-refractivity contribution in [3.8, 4) is 0 Å². The molecule has 1 amide bonds. The first-order valence-corrected chi connectivity index (χ1v) is 7.22. The highest BCUT2D eigenvalue weighted by atomic mass is 32.1. The number of amides is 1. The van der Waals surface area contributed by atoms with E-state index in [4.69, 9.17) is 5.73 Å². The van der Waals surface area contributed by atoms with Crippen LogP contribution >= 0.6 is 11.3 Å². The molecular formula is C13H16N4OS. The molecular weight excluding hydrogens is 260 g/mol.